The molecule has 0 aliphatic carbocycles. The van der Waals surface area contributed by atoms with Crippen LogP contribution >= 0.6 is 0 Å². The SMILES string of the molecule is CC1(F)COC(=O)O1.CCC1(F)OC(=O)OC1(F)F. The van der Waals surface area contributed by atoms with E-state index in [1.54, 1.807) is 0 Å². The molecule has 2 atom stereocenters. The Morgan fingerprint density at radius 2 is 1.63 bits per heavy atom. The molecule has 0 N–H and O–H groups in total. The van der Waals surface area contributed by atoms with Gasteiger partial charge in [-0.25, -0.2) is 9.59 Å². The van der Waals surface area contributed by atoms with Crippen LogP contribution in [0.1, 0.15) is 20.3 Å². The zero-order valence-corrected chi connectivity index (χ0v) is 9.88. The lowest BCUT2D eigenvalue weighted by molar-refractivity contribution is -0.288. The largest absolute Gasteiger partial charge is 0.516 e. The maximum Gasteiger partial charge on any atom is 0.516 e. The van der Waals surface area contributed by atoms with Gasteiger partial charge in [0.05, 0.1) is 0 Å². The number of carbonyl (C=O) groups is 2. The highest BCUT2D eigenvalue weighted by Gasteiger charge is 2.67. The minimum Gasteiger partial charge on any atom is -0.427 e. The molecule has 19 heavy (non-hydrogen) atoms. The fourth-order valence-corrected chi connectivity index (χ4v) is 1.09. The van der Waals surface area contributed by atoms with Crippen LogP contribution in [0.4, 0.5) is 27.2 Å². The van der Waals surface area contributed by atoms with Crippen LogP contribution in [0, 0.1) is 0 Å². The van der Waals surface area contributed by atoms with Crippen LogP contribution in [0.25, 0.3) is 0 Å². The summed E-state index contributed by atoms with van der Waals surface area (Å²) in [7, 11) is 0. The number of carbonyl (C=O) groups excluding carboxylic acids is 2. The molecule has 2 aliphatic rings. The third-order valence-corrected chi connectivity index (χ3v) is 2.09. The van der Waals surface area contributed by atoms with E-state index in [1.807, 2.05) is 0 Å². The van der Waals surface area contributed by atoms with Gasteiger partial charge in [0, 0.05) is 13.3 Å². The van der Waals surface area contributed by atoms with Crippen LogP contribution in [-0.4, -0.2) is 36.7 Å². The van der Waals surface area contributed by atoms with E-state index < -0.39 is 36.5 Å². The second kappa shape index (κ2) is 4.74. The summed E-state index contributed by atoms with van der Waals surface area (Å²) in [5.41, 5.74) is 0. The second-order valence-corrected chi connectivity index (χ2v) is 3.80. The van der Waals surface area contributed by atoms with Gasteiger partial charge in [-0.1, -0.05) is 6.92 Å². The van der Waals surface area contributed by atoms with Gasteiger partial charge in [0.15, 0.2) is 6.61 Å². The Hall–Kier alpha value is -1.74. The Labute approximate surface area is 104 Å². The van der Waals surface area contributed by atoms with Crippen LogP contribution < -0.4 is 0 Å². The normalized spacial score (nSPS) is 35.5. The maximum atomic E-state index is 12.8. The van der Waals surface area contributed by atoms with E-state index in [1.165, 1.54) is 0 Å². The summed E-state index contributed by atoms with van der Waals surface area (Å²) in [6, 6.07) is 0. The Kier molecular flexibility index (Phi) is 3.82. The molecule has 2 rings (SSSR count). The maximum absolute atomic E-state index is 12.8. The molecule has 0 aromatic heterocycles. The predicted octanol–water partition coefficient (Wildman–Crippen LogP) is 2.66. The standard InChI is InChI=1S/C5H5F3O3.C4H5FO3/c1-2-4(6)5(7,8)11-3(9)10-4;1-4(5)2-7-3(6)8-4/h2H2,1H3;2H2,1H3. The second-order valence-electron chi connectivity index (χ2n) is 3.80. The van der Waals surface area contributed by atoms with E-state index in [9.17, 15) is 27.2 Å². The summed E-state index contributed by atoms with van der Waals surface area (Å²) in [5.74, 6) is -5.21. The first-order valence-electron chi connectivity index (χ1n) is 5.05. The van der Waals surface area contributed by atoms with Crippen molar-refractivity contribution >= 4 is 12.3 Å². The Bertz CT molecular complexity index is 385. The van der Waals surface area contributed by atoms with Crippen molar-refractivity contribution < 1.29 is 46.1 Å². The summed E-state index contributed by atoms with van der Waals surface area (Å²) >= 11 is 0. The van der Waals surface area contributed by atoms with Gasteiger partial charge in [-0.15, -0.1) is 0 Å². The third kappa shape index (κ3) is 3.38. The molecule has 2 heterocycles. The van der Waals surface area contributed by atoms with Crippen molar-refractivity contribution in [2.45, 2.75) is 38.1 Å². The Morgan fingerprint density at radius 3 is 1.79 bits per heavy atom. The summed E-state index contributed by atoms with van der Waals surface area (Å²) in [6.07, 6.45) is -7.43. The van der Waals surface area contributed by atoms with E-state index >= 15 is 0 Å². The molecule has 110 valence electrons. The number of ether oxygens (including phenoxy) is 4. The van der Waals surface area contributed by atoms with Gasteiger partial charge in [0.1, 0.15) is 0 Å². The number of rotatable bonds is 1. The van der Waals surface area contributed by atoms with Crippen LogP contribution in [0.15, 0.2) is 0 Å². The van der Waals surface area contributed by atoms with Crippen molar-refractivity contribution in [1.82, 2.24) is 0 Å². The highest BCUT2D eigenvalue weighted by atomic mass is 19.3. The smallest absolute Gasteiger partial charge is 0.427 e. The van der Waals surface area contributed by atoms with E-state index in [-0.39, 0.29) is 6.61 Å². The highest BCUT2D eigenvalue weighted by molar-refractivity contribution is 5.63. The molecular formula is C9H10F4O6. The summed E-state index contributed by atoms with van der Waals surface area (Å²) < 4.78 is 64.7. The molecule has 0 aromatic carbocycles. The molecule has 0 aromatic rings. The molecule has 0 spiro atoms. The molecule has 0 radical (unpaired) electrons. The minimum atomic E-state index is -4.17. The summed E-state index contributed by atoms with van der Waals surface area (Å²) in [4.78, 5) is 20.0. The van der Waals surface area contributed by atoms with E-state index in [2.05, 4.69) is 18.9 Å². The lowest BCUT2D eigenvalue weighted by Crippen LogP contribution is -2.40. The van der Waals surface area contributed by atoms with E-state index in [0.717, 1.165) is 13.8 Å². The lowest BCUT2D eigenvalue weighted by atomic mass is 10.2. The minimum absolute atomic E-state index is 0.300. The zero-order valence-electron chi connectivity index (χ0n) is 9.88. The number of hydrogen-bond acceptors (Lipinski definition) is 6. The lowest BCUT2D eigenvalue weighted by Gasteiger charge is -2.18. The number of hydrogen-bond donors (Lipinski definition) is 0. The molecule has 2 saturated heterocycles. The first-order chi connectivity index (χ1) is 8.51. The van der Waals surface area contributed by atoms with Crippen molar-refractivity contribution in [1.29, 1.82) is 0 Å². The third-order valence-electron chi connectivity index (χ3n) is 2.09. The predicted molar refractivity (Wildman–Crippen MR) is 48.6 cm³/mol. The molecule has 2 aliphatic heterocycles. The highest BCUT2D eigenvalue weighted by Crippen LogP contribution is 2.42. The average Bonchev–Trinajstić information content (AvgIpc) is 2.65. The molecule has 0 saturated carbocycles. The number of halogens is 4. The van der Waals surface area contributed by atoms with Gasteiger partial charge in [-0.05, 0) is 0 Å². The Morgan fingerprint density at radius 1 is 1.05 bits per heavy atom. The molecule has 0 amide bonds. The van der Waals surface area contributed by atoms with Crippen molar-refractivity contribution in [2.24, 2.45) is 0 Å². The zero-order chi connectivity index (χ0) is 14.9. The monoisotopic (exact) mass is 290 g/mol. The fraction of sp³-hybridized carbons (Fsp3) is 0.778. The van der Waals surface area contributed by atoms with Crippen molar-refractivity contribution in [2.75, 3.05) is 6.61 Å². The van der Waals surface area contributed by atoms with Gasteiger partial charge in [-0.3, -0.25) is 0 Å². The molecular weight excluding hydrogens is 280 g/mol. The van der Waals surface area contributed by atoms with Crippen LogP contribution in [-0.2, 0) is 18.9 Å². The van der Waals surface area contributed by atoms with Gasteiger partial charge < -0.3 is 18.9 Å². The van der Waals surface area contributed by atoms with Crippen LogP contribution in [0.5, 0.6) is 0 Å². The molecule has 10 heteroatoms. The van der Waals surface area contributed by atoms with Gasteiger partial charge in [-0.2, -0.15) is 17.6 Å². The van der Waals surface area contributed by atoms with E-state index in [4.69, 9.17) is 0 Å². The van der Waals surface area contributed by atoms with Crippen molar-refractivity contribution in [3.05, 3.63) is 0 Å². The first-order valence-corrected chi connectivity index (χ1v) is 5.05. The Balaban J connectivity index is 0.000000200. The molecule has 2 unspecified atom stereocenters. The quantitative estimate of drug-likeness (QED) is 0.546. The van der Waals surface area contributed by atoms with Crippen molar-refractivity contribution in [3.8, 4) is 0 Å². The molecule has 6 nitrogen and oxygen atoms in total. The van der Waals surface area contributed by atoms with Crippen molar-refractivity contribution in [3.63, 3.8) is 0 Å². The summed E-state index contributed by atoms with van der Waals surface area (Å²) in [5, 5.41) is 0. The summed E-state index contributed by atoms with van der Waals surface area (Å²) in [6.45, 7) is 1.96. The molecule has 0 bridgehead atoms. The topological polar surface area (TPSA) is 71.1 Å². The van der Waals surface area contributed by atoms with Gasteiger partial charge >= 0.3 is 24.3 Å². The number of cyclic esters (lactones) is 4. The fourth-order valence-electron chi connectivity index (χ4n) is 1.09. The van der Waals surface area contributed by atoms with Gasteiger partial charge in [0.2, 0.25) is 0 Å². The number of alkyl halides is 4. The van der Waals surface area contributed by atoms with Gasteiger partial charge in [0.25, 0.3) is 5.85 Å². The van der Waals surface area contributed by atoms with Crippen LogP contribution in [0.3, 0.4) is 0 Å². The molecule has 2 fully saturated rings. The van der Waals surface area contributed by atoms with E-state index in [0.29, 0.717) is 0 Å². The average molecular weight is 290 g/mol. The van der Waals surface area contributed by atoms with Crippen LogP contribution in [0.2, 0.25) is 0 Å². The first kappa shape index (κ1) is 15.3.